The van der Waals surface area contributed by atoms with Crippen LogP contribution >= 0.6 is 11.8 Å². The molecule has 1 saturated heterocycles. The lowest BCUT2D eigenvalue weighted by Crippen LogP contribution is -2.43. The standard InChI is InChI=1S/C12H15N3S/c1-12(2)9-15(5-6-16-12)11-8-14-4-3-10(11)7-13/h3-4,8H,5-6,9H2,1-2H3. The van der Waals surface area contributed by atoms with E-state index in [1.165, 1.54) is 0 Å². The second-order valence-corrected chi connectivity index (χ2v) is 6.34. The second-order valence-electron chi connectivity index (χ2n) is 4.53. The van der Waals surface area contributed by atoms with Gasteiger partial charge in [-0.05, 0) is 19.9 Å². The van der Waals surface area contributed by atoms with Crippen molar-refractivity contribution in [3.8, 4) is 6.07 Å². The molecule has 1 fully saturated rings. The molecule has 84 valence electrons. The zero-order valence-electron chi connectivity index (χ0n) is 9.60. The molecule has 1 aromatic rings. The summed E-state index contributed by atoms with van der Waals surface area (Å²) in [7, 11) is 0. The normalized spacial score (nSPS) is 19.2. The first kappa shape index (κ1) is 11.3. The minimum Gasteiger partial charge on any atom is -0.367 e. The Morgan fingerprint density at radius 1 is 1.56 bits per heavy atom. The highest BCUT2D eigenvalue weighted by Gasteiger charge is 2.28. The average molecular weight is 233 g/mol. The third-order valence-corrected chi connectivity index (χ3v) is 3.98. The van der Waals surface area contributed by atoms with Crippen molar-refractivity contribution < 1.29 is 0 Å². The molecular formula is C12H15N3S. The molecule has 4 heteroatoms. The van der Waals surface area contributed by atoms with Gasteiger partial charge in [0, 0.05) is 29.8 Å². The maximum Gasteiger partial charge on any atom is 0.101 e. The van der Waals surface area contributed by atoms with Crippen LogP contribution in [0.25, 0.3) is 0 Å². The van der Waals surface area contributed by atoms with Crippen LogP contribution in [-0.4, -0.2) is 28.6 Å². The zero-order valence-corrected chi connectivity index (χ0v) is 10.4. The monoisotopic (exact) mass is 233 g/mol. The second kappa shape index (κ2) is 4.34. The Morgan fingerprint density at radius 3 is 3.06 bits per heavy atom. The maximum absolute atomic E-state index is 9.07. The van der Waals surface area contributed by atoms with Gasteiger partial charge in [-0.15, -0.1) is 0 Å². The Bertz CT molecular complexity index is 423. The average Bonchev–Trinajstić information content (AvgIpc) is 2.27. The lowest BCUT2D eigenvalue weighted by molar-refractivity contribution is 0.646. The third-order valence-electron chi connectivity index (χ3n) is 2.69. The predicted molar refractivity (Wildman–Crippen MR) is 67.7 cm³/mol. The van der Waals surface area contributed by atoms with Crippen LogP contribution in [0.5, 0.6) is 0 Å². The molecule has 0 aromatic carbocycles. The van der Waals surface area contributed by atoms with E-state index in [2.05, 4.69) is 29.8 Å². The van der Waals surface area contributed by atoms with Gasteiger partial charge in [-0.1, -0.05) is 0 Å². The minimum atomic E-state index is 0.251. The Hall–Kier alpha value is -1.21. The number of hydrogen-bond acceptors (Lipinski definition) is 4. The summed E-state index contributed by atoms with van der Waals surface area (Å²) in [6.07, 6.45) is 3.47. The van der Waals surface area contributed by atoms with Gasteiger partial charge in [0.25, 0.3) is 0 Å². The van der Waals surface area contributed by atoms with Gasteiger partial charge in [0.2, 0.25) is 0 Å². The quantitative estimate of drug-likeness (QED) is 0.746. The van der Waals surface area contributed by atoms with E-state index in [1.54, 1.807) is 18.5 Å². The Morgan fingerprint density at radius 2 is 2.38 bits per heavy atom. The van der Waals surface area contributed by atoms with Crippen molar-refractivity contribution in [3.63, 3.8) is 0 Å². The van der Waals surface area contributed by atoms with Crippen molar-refractivity contribution in [1.82, 2.24) is 4.98 Å². The largest absolute Gasteiger partial charge is 0.367 e. The molecule has 0 unspecified atom stereocenters. The van der Waals surface area contributed by atoms with Crippen LogP contribution in [0.4, 0.5) is 5.69 Å². The SMILES string of the molecule is CC1(C)CN(c2cnccc2C#N)CCS1. The van der Waals surface area contributed by atoms with Crippen LogP contribution in [-0.2, 0) is 0 Å². The summed E-state index contributed by atoms with van der Waals surface area (Å²) in [6.45, 7) is 6.45. The van der Waals surface area contributed by atoms with E-state index < -0.39 is 0 Å². The van der Waals surface area contributed by atoms with Crippen molar-refractivity contribution in [2.75, 3.05) is 23.7 Å². The van der Waals surface area contributed by atoms with Gasteiger partial charge >= 0.3 is 0 Å². The molecule has 2 rings (SSSR count). The molecule has 0 N–H and O–H groups in total. The van der Waals surface area contributed by atoms with Gasteiger partial charge < -0.3 is 4.90 Å². The predicted octanol–water partition coefficient (Wildman–Crippen LogP) is 2.29. The lowest BCUT2D eigenvalue weighted by Gasteiger charge is -2.39. The van der Waals surface area contributed by atoms with Gasteiger partial charge in [0.15, 0.2) is 0 Å². The minimum absolute atomic E-state index is 0.251. The zero-order chi connectivity index (χ0) is 11.6. The van der Waals surface area contributed by atoms with Crippen LogP contribution in [0.3, 0.4) is 0 Å². The fourth-order valence-corrected chi connectivity index (χ4v) is 3.07. The van der Waals surface area contributed by atoms with Gasteiger partial charge in [0.05, 0.1) is 17.4 Å². The van der Waals surface area contributed by atoms with Crippen molar-refractivity contribution in [3.05, 3.63) is 24.0 Å². The number of nitriles is 1. The highest BCUT2D eigenvalue weighted by molar-refractivity contribution is 8.00. The molecule has 2 heterocycles. The van der Waals surface area contributed by atoms with Gasteiger partial charge in [-0.25, -0.2) is 0 Å². The van der Waals surface area contributed by atoms with Crippen molar-refractivity contribution in [1.29, 1.82) is 5.26 Å². The van der Waals surface area contributed by atoms with Gasteiger partial charge in [-0.2, -0.15) is 17.0 Å². The molecule has 0 saturated carbocycles. The molecule has 1 aromatic heterocycles. The van der Waals surface area contributed by atoms with Gasteiger partial charge in [0.1, 0.15) is 6.07 Å². The Kier molecular flexibility index (Phi) is 3.06. The molecule has 1 aliphatic heterocycles. The smallest absolute Gasteiger partial charge is 0.101 e. The maximum atomic E-state index is 9.07. The van der Waals surface area contributed by atoms with E-state index in [-0.39, 0.29) is 4.75 Å². The van der Waals surface area contributed by atoms with Crippen LogP contribution < -0.4 is 4.90 Å². The number of hydrogen-bond donors (Lipinski definition) is 0. The highest BCUT2D eigenvalue weighted by atomic mass is 32.2. The summed E-state index contributed by atoms with van der Waals surface area (Å²) in [5.74, 6) is 1.10. The third kappa shape index (κ3) is 2.30. The van der Waals surface area contributed by atoms with E-state index in [1.807, 2.05) is 11.8 Å². The highest BCUT2D eigenvalue weighted by Crippen LogP contribution is 2.32. The van der Waals surface area contributed by atoms with E-state index in [4.69, 9.17) is 5.26 Å². The first-order valence-electron chi connectivity index (χ1n) is 5.35. The molecule has 0 aliphatic carbocycles. The van der Waals surface area contributed by atoms with Gasteiger partial charge in [-0.3, -0.25) is 4.98 Å². The number of nitrogens with zero attached hydrogens (tertiary/aromatic N) is 3. The van der Waals surface area contributed by atoms with E-state index in [0.29, 0.717) is 0 Å². The summed E-state index contributed by atoms with van der Waals surface area (Å²) in [5, 5.41) is 9.07. The van der Waals surface area contributed by atoms with Crippen molar-refractivity contribution in [2.24, 2.45) is 0 Å². The Balaban J connectivity index is 2.27. The number of aromatic nitrogens is 1. The molecule has 0 bridgehead atoms. The number of rotatable bonds is 1. The lowest BCUT2D eigenvalue weighted by atomic mass is 10.1. The molecule has 0 radical (unpaired) electrons. The fraction of sp³-hybridized carbons (Fsp3) is 0.500. The molecule has 0 spiro atoms. The summed E-state index contributed by atoms with van der Waals surface area (Å²) in [6, 6.07) is 4.01. The number of pyridine rings is 1. The summed E-state index contributed by atoms with van der Waals surface area (Å²) in [4.78, 5) is 6.38. The van der Waals surface area contributed by atoms with Crippen LogP contribution in [0.2, 0.25) is 0 Å². The van der Waals surface area contributed by atoms with Crippen LogP contribution in [0, 0.1) is 11.3 Å². The summed E-state index contributed by atoms with van der Waals surface area (Å²) >= 11 is 1.99. The number of anilines is 1. The first-order chi connectivity index (χ1) is 7.62. The molecule has 0 atom stereocenters. The molecule has 3 nitrogen and oxygen atoms in total. The van der Waals surface area contributed by atoms with Crippen LogP contribution in [0.15, 0.2) is 18.5 Å². The first-order valence-corrected chi connectivity index (χ1v) is 6.34. The topological polar surface area (TPSA) is 39.9 Å². The number of thioether (sulfide) groups is 1. The fourth-order valence-electron chi connectivity index (χ4n) is 1.95. The van der Waals surface area contributed by atoms with Crippen molar-refractivity contribution >= 4 is 17.4 Å². The molecular weight excluding hydrogens is 218 g/mol. The van der Waals surface area contributed by atoms with E-state index >= 15 is 0 Å². The van der Waals surface area contributed by atoms with E-state index in [9.17, 15) is 0 Å². The molecule has 1 aliphatic rings. The summed E-state index contributed by atoms with van der Waals surface area (Å²) in [5.41, 5.74) is 1.69. The summed E-state index contributed by atoms with van der Waals surface area (Å²) < 4.78 is 0.251. The van der Waals surface area contributed by atoms with E-state index in [0.717, 1.165) is 30.1 Å². The molecule has 0 amide bonds. The Labute approximate surface area is 100 Å². The molecule has 16 heavy (non-hydrogen) atoms. The van der Waals surface area contributed by atoms with Crippen molar-refractivity contribution in [2.45, 2.75) is 18.6 Å². The van der Waals surface area contributed by atoms with Crippen LogP contribution in [0.1, 0.15) is 19.4 Å².